The van der Waals surface area contributed by atoms with Crippen molar-refractivity contribution in [3.05, 3.63) is 144 Å². The Balaban J connectivity index is 0.000000123. The molecule has 24 nitrogen and oxygen atoms in total. The van der Waals surface area contributed by atoms with Crippen LogP contribution in [0.3, 0.4) is 0 Å². The van der Waals surface area contributed by atoms with Crippen LogP contribution in [-0.4, -0.2) is 149 Å². The van der Waals surface area contributed by atoms with E-state index in [0.717, 1.165) is 119 Å². The van der Waals surface area contributed by atoms with Gasteiger partial charge >= 0.3 is 0 Å². The topological polar surface area (TPSA) is 299 Å². The summed E-state index contributed by atoms with van der Waals surface area (Å²) in [4.78, 5) is 93.0. The molecule has 9 aromatic heterocycles. The number of aryl methyl sites for hydroxylation is 2. The smallest absolute Gasteiger partial charge is 0.287 e. The van der Waals surface area contributed by atoms with Crippen molar-refractivity contribution in [2.24, 2.45) is 39.9 Å². The van der Waals surface area contributed by atoms with Gasteiger partial charge in [0, 0.05) is 106 Å². The number of H-pyrrole nitrogens is 1. The van der Waals surface area contributed by atoms with E-state index in [1.807, 2.05) is 63.7 Å². The average Bonchev–Trinajstić information content (AvgIpc) is 1.85. The number of carbonyl (C=O) groups excluding carboxylic acids is 6. The van der Waals surface area contributed by atoms with Crippen molar-refractivity contribution in [3.8, 4) is 0 Å². The number of nitrogens with one attached hydrogen (secondary N) is 4. The van der Waals surface area contributed by atoms with Crippen molar-refractivity contribution < 1.29 is 46.5 Å². The van der Waals surface area contributed by atoms with Crippen LogP contribution in [0, 0.1) is 53.8 Å². The van der Waals surface area contributed by atoms with Gasteiger partial charge in [-0.15, -0.1) is 0 Å². The quantitative estimate of drug-likeness (QED) is 0.0800. The average molecular weight is 1210 g/mol. The Hall–Kier alpha value is -9.48. The Kier molecular flexibility index (Phi) is 15.9. The zero-order valence-electron chi connectivity index (χ0n) is 50.1. The second kappa shape index (κ2) is 24.2. The highest BCUT2D eigenvalue weighted by Crippen LogP contribution is 2.61. The standard InChI is InChI=1S/C24H29N5O3.C21H22N4O4.C20H21N5O3/c1-16(15-29-8-4-17(2)27-29)23(31)28-9-5-24(6-10-28)12-19(24)13-26-22(30)20-11-18-3-7-25-14-21(18)32-20;1-13-16(12-28-24-13)20(27)25-6-3-21(4-7-25)9-15(21)10-23-19(26)17-8-14-2-5-22-11-18(14)29-17;26-18(16-7-13-1-4-21-12-17(13)28-16)22-11-15-8-20(15)2-5-25(6-3-20)19(27)14-9-23-24-10-14/h3-4,7-8,11,14,16,19H,5-6,9-10,12-13,15H2,1-2H3,(H,26,30);2,5,8,11-12,15H,3-4,6-7,9-10H2,1H3,(H,23,26);1,4,7,9-10,12,15H,2-3,5-6,8,11H2,(H,22,26)(H,23,24). The molecular weight excluding hydrogens is 1140 g/mol. The number of rotatable bonds is 14. The van der Waals surface area contributed by atoms with Gasteiger partial charge in [0.15, 0.2) is 34.0 Å². The molecule has 3 aliphatic heterocycles. The lowest BCUT2D eigenvalue weighted by molar-refractivity contribution is -0.137. The first-order chi connectivity index (χ1) is 43.1. The molecule has 4 N–H and O–H groups in total. The molecule has 3 spiro atoms. The number of aromatic nitrogens is 8. The van der Waals surface area contributed by atoms with Gasteiger partial charge < -0.3 is 48.4 Å². The fraction of sp³-hybridized carbons (Fsp3) is 0.446. The molecule has 0 aromatic carbocycles. The molecule has 6 fully saturated rings. The number of fused-ring (bicyclic) bond motifs is 3. The van der Waals surface area contributed by atoms with Crippen molar-refractivity contribution in [2.75, 3.05) is 58.9 Å². The molecule has 6 amide bonds. The summed E-state index contributed by atoms with van der Waals surface area (Å²) in [6, 6.07) is 12.7. The highest BCUT2D eigenvalue weighted by molar-refractivity contribution is 5.98. The van der Waals surface area contributed by atoms with Gasteiger partial charge in [0.25, 0.3) is 29.5 Å². The molecule has 0 bridgehead atoms. The van der Waals surface area contributed by atoms with Gasteiger partial charge in [-0.3, -0.25) is 53.5 Å². The van der Waals surface area contributed by atoms with Crippen LogP contribution in [0.4, 0.5) is 0 Å². The van der Waals surface area contributed by atoms with E-state index in [1.165, 1.54) is 6.26 Å². The number of nitrogens with zero attached hydrogens (tertiary/aromatic N) is 10. The summed E-state index contributed by atoms with van der Waals surface area (Å²) in [5, 5.41) is 26.4. The van der Waals surface area contributed by atoms with Gasteiger partial charge in [0.05, 0.1) is 54.2 Å². The highest BCUT2D eigenvalue weighted by Gasteiger charge is 2.57. The fourth-order valence-electron chi connectivity index (χ4n) is 13.8. The monoisotopic (exact) mass is 1210 g/mol. The number of hydrogen-bond acceptors (Lipinski definition) is 16. The van der Waals surface area contributed by atoms with Gasteiger partial charge in [0.1, 0.15) is 11.8 Å². The van der Waals surface area contributed by atoms with Crippen LogP contribution >= 0.6 is 0 Å². The Labute approximate surface area is 511 Å². The molecule has 6 aliphatic rings. The summed E-state index contributed by atoms with van der Waals surface area (Å²) in [5.41, 5.74) is 5.37. The second-order valence-electron chi connectivity index (χ2n) is 25.3. The molecular formula is C65H72N14O10. The van der Waals surface area contributed by atoms with Gasteiger partial charge in [-0.1, -0.05) is 12.1 Å². The molecule has 3 saturated heterocycles. The molecule has 15 rings (SSSR count). The third kappa shape index (κ3) is 12.5. The van der Waals surface area contributed by atoms with Crippen molar-refractivity contribution in [3.63, 3.8) is 0 Å². The first-order valence-electron chi connectivity index (χ1n) is 30.8. The van der Waals surface area contributed by atoms with E-state index in [0.29, 0.717) is 94.8 Å². The summed E-state index contributed by atoms with van der Waals surface area (Å²) in [6.45, 7) is 12.8. The van der Waals surface area contributed by atoms with Crippen LogP contribution in [0.25, 0.3) is 32.9 Å². The molecule has 24 heteroatoms. The SMILES string of the molecule is Cc1ccn(CC(C)C(=O)N2CCC3(CC2)CC3CNC(=O)c2cc3ccncc3o2)n1.Cc1nocc1C(=O)N1CCC2(CC1)CC2CNC(=O)c1cc2ccncc2o1.O=C(NCC1CC12CCN(C(=O)c1cn[nH]c1)CC2)c1cc2ccncc2o1. The van der Waals surface area contributed by atoms with E-state index in [4.69, 9.17) is 17.8 Å². The van der Waals surface area contributed by atoms with Gasteiger partial charge in [-0.05, 0) is 148 Å². The lowest BCUT2D eigenvalue weighted by Gasteiger charge is -2.34. The fourth-order valence-corrected chi connectivity index (χ4v) is 13.8. The highest BCUT2D eigenvalue weighted by atomic mass is 16.5. The third-order valence-electron chi connectivity index (χ3n) is 19.8. The van der Waals surface area contributed by atoms with E-state index in [-0.39, 0.29) is 57.6 Å². The summed E-state index contributed by atoms with van der Waals surface area (Å²) in [5.74, 6) is 1.92. The van der Waals surface area contributed by atoms with Crippen LogP contribution < -0.4 is 16.0 Å². The van der Waals surface area contributed by atoms with Gasteiger partial charge in [-0.25, -0.2) is 0 Å². The minimum absolute atomic E-state index is 0.0107. The number of furan rings is 3. The predicted molar refractivity (Wildman–Crippen MR) is 323 cm³/mol. The zero-order chi connectivity index (χ0) is 61.4. The lowest BCUT2D eigenvalue weighted by Crippen LogP contribution is -2.43. The van der Waals surface area contributed by atoms with Crippen molar-refractivity contribution in [1.82, 2.24) is 70.7 Å². The minimum Gasteiger partial charge on any atom is -0.449 e. The zero-order valence-corrected chi connectivity index (χ0v) is 50.1. The Bertz CT molecular complexity index is 3960. The number of carbonyl (C=O) groups is 6. The van der Waals surface area contributed by atoms with Crippen molar-refractivity contribution >= 4 is 68.4 Å². The van der Waals surface area contributed by atoms with E-state index >= 15 is 0 Å². The van der Waals surface area contributed by atoms with E-state index in [1.54, 1.807) is 74.7 Å². The van der Waals surface area contributed by atoms with Crippen LogP contribution in [0.5, 0.6) is 0 Å². The number of aromatic amines is 1. The maximum absolute atomic E-state index is 12.9. The molecule has 0 radical (unpaired) electrons. The first-order valence-corrected chi connectivity index (χ1v) is 30.8. The molecule has 89 heavy (non-hydrogen) atoms. The maximum atomic E-state index is 12.9. The summed E-state index contributed by atoms with van der Waals surface area (Å²) in [6.07, 6.45) is 25.6. The van der Waals surface area contributed by atoms with Crippen LogP contribution in [0.1, 0.15) is 128 Å². The predicted octanol–water partition coefficient (Wildman–Crippen LogP) is 8.05. The first kappa shape index (κ1) is 58.5. The largest absolute Gasteiger partial charge is 0.449 e. The van der Waals surface area contributed by atoms with Gasteiger partial charge in [-0.2, -0.15) is 10.2 Å². The number of hydrogen-bond donors (Lipinski definition) is 4. The maximum Gasteiger partial charge on any atom is 0.287 e. The van der Waals surface area contributed by atoms with Crippen LogP contribution in [-0.2, 0) is 11.3 Å². The lowest BCUT2D eigenvalue weighted by atomic mass is 9.90. The van der Waals surface area contributed by atoms with Crippen LogP contribution in [0.2, 0.25) is 0 Å². The molecule has 3 saturated carbocycles. The molecule has 12 heterocycles. The van der Waals surface area contributed by atoms with Crippen molar-refractivity contribution in [1.29, 1.82) is 0 Å². The Morgan fingerprint density at radius 2 is 1.03 bits per heavy atom. The number of amides is 6. The molecule has 3 aliphatic carbocycles. The van der Waals surface area contributed by atoms with Crippen LogP contribution in [0.15, 0.2) is 122 Å². The normalized spacial score (nSPS) is 20.3. The molecule has 4 atom stereocenters. The Morgan fingerprint density at radius 1 is 0.596 bits per heavy atom. The molecule has 9 aromatic rings. The summed E-state index contributed by atoms with van der Waals surface area (Å²) < 4.78 is 23.5. The van der Waals surface area contributed by atoms with Crippen molar-refractivity contribution in [2.45, 2.75) is 85.1 Å². The summed E-state index contributed by atoms with van der Waals surface area (Å²) >= 11 is 0. The number of pyridine rings is 3. The number of piperidine rings is 3. The Morgan fingerprint density at radius 3 is 1.42 bits per heavy atom. The van der Waals surface area contributed by atoms with E-state index in [9.17, 15) is 28.8 Å². The molecule has 462 valence electrons. The second-order valence-corrected chi connectivity index (χ2v) is 25.3. The van der Waals surface area contributed by atoms with Gasteiger partial charge in [0.2, 0.25) is 5.91 Å². The molecule has 4 unspecified atom stereocenters. The van der Waals surface area contributed by atoms with E-state index in [2.05, 4.69) is 51.4 Å². The number of likely N-dealkylation sites (tertiary alicyclic amines) is 3. The third-order valence-corrected chi connectivity index (χ3v) is 19.8. The van der Waals surface area contributed by atoms with E-state index < -0.39 is 0 Å². The minimum atomic E-state index is -0.196. The summed E-state index contributed by atoms with van der Waals surface area (Å²) in [7, 11) is 0.